The second-order valence-electron chi connectivity index (χ2n) is 8.72. The minimum absolute atomic E-state index is 0.0574. The largest absolute Gasteiger partial charge is 0.446 e. The Hall–Kier alpha value is -2.85. The Balaban J connectivity index is 1.69. The Bertz CT molecular complexity index is 895. The van der Waals surface area contributed by atoms with Crippen molar-refractivity contribution in [1.29, 1.82) is 0 Å². The summed E-state index contributed by atoms with van der Waals surface area (Å²) in [6.45, 7) is 6.98. The zero-order valence-electron chi connectivity index (χ0n) is 17.9. The summed E-state index contributed by atoms with van der Waals surface area (Å²) in [5.41, 5.74) is 0.671. The molecule has 1 unspecified atom stereocenters. The summed E-state index contributed by atoms with van der Waals surface area (Å²) in [6.07, 6.45) is -2.62. The van der Waals surface area contributed by atoms with E-state index in [9.17, 15) is 18.0 Å². The van der Waals surface area contributed by atoms with Crippen LogP contribution in [0, 0.1) is 0 Å². The topological polar surface area (TPSA) is 94.0 Å². The lowest BCUT2D eigenvalue weighted by Gasteiger charge is -2.25. The number of amides is 1. The molecule has 1 aliphatic rings. The van der Waals surface area contributed by atoms with E-state index in [4.69, 9.17) is 4.74 Å². The number of hydrogen-bond donors (Lipinski definition) is 2. The standard InChI is InChI=1S/C20H27F3N6O2/c1-12(20(21,22)23)25-18(30)31-14-8-7-13(10-14)15-11-17(28-29(15)19(2,3)4)26-16-6-5-9-24-27-16/h5-6,9,11-14H,7-8,10H2,1-4H3,(H,25,30)(H,26,27,28)/t12?,13-,14+/m0/s1. The number of carbonyl (C=O) groups excluding carboxylic acids is 1. The number of alkyl halides is 3. The molecule has 31 heavy (non-hydrogen) atoms. The highest BCUT2D eigenvalue weighted by molar-refractivity contribution is 5.68. The van der Waals surface area contributed by atoms with Crippen LogP contribution in [-0.4, -0.2) is 44.4 Å². The lowest BCUT2D eigenvalue weighted by Crippen LogP contribution is -2.44. The normalized spacial score (nSPS) is 20.4. The SMILES string of the molecule is CC(NC(=O)O[C@@H]1CC[C@H](c2cc(Nc3cccnn3)nn2C(C)(C)C)C1)C(F)(F)F. The summed E-state index contributed by atoms with van der Waals surface area (Å²) in [4.78, 5) is 11.9. The molecule has 0 saturated heterocycles. The molecule has 0 aromatic carbocycles. The van der Waals surface area contributed by atoms with E-state index in [-0.39, 0.29) is 11.5 Å². The summed E-state index contributed by atoms with van der Waals surface area (Å²) >= 11 is 0. The predicted octanol–water partition coefficient (Wildman–Crippen LogP) is 4.48. The van der Waals surface area contributed by atoms with Crippen LogP contribution in [0.1, 0.15) is 58.6 Å². The van der Waals surface area contributed by atoms with Crippen molar-refractivity contribution in [2.75, 3.05) is 5.32 Å². The highest BCUT2D eigenvalue weighted by Gasteiger charge is 2.38. The maximum Gasteiger partial charge on any atom is 0.408 e. The Morgan fingerprint density at radius 2 is 2.00 bits per heavy atom. The fourth-order valence-corrected chi connectivity index (χ4v) is 3.54. The maximum absolute atomic E-state index is 12.6. The zero-order chi connectivity index (χ0) is 22.8. The van der Waals surface area contributed by atoms with Crippen molar-refractivity contribution in [2.24, 2.45) is 0 Å². The first-order chi connectivity index (χ1) is 14.4. The number of nitrogens with one attached hydrogen (secondary N) is 2. The smallest absolute Gasteiger partial charge is 0.408 e. The number of aromatic nitrogens is 4. The van der Waals surface area contributed by atoms with Gasteiger partial charge in [-0.3, -0.25) is 4.68 Å². The molecule has 2 N–H and O–H groups in total. The third-order valence-electron chi connectivity index (χ3n) is 5.10. The molecule has 1 saturated carbocycles. The van der Waals surface area contributed by atoms with Crippen molar-refractivity contribution in [1.82, 2.24) is 25.3 Å². The highest BCUT2D eigenvalue weighted by Crippen LogP contribution is 2.39. The monoisotopic (exact) mass is 440 g/mol. The van der Waals surface area contributed by atoms with E-state index in [0.29, 0.717) is 24.5 Å². The number of halogens is 3. The van der Waals surface area contributed by atoms with Gasteiger partial charge in [-0.05, 0) is 59.1 Å². The molecule has 3 atom stereocenters. The van der Waals surface area contributed by atoms with E-state index in [0.717, 1.165) is 19.0 Å². The van der Waals surface area contributed by atoms with Crippen molar-refractivity contribution in [3.05, 3.63) is 30.1 Å². The van der Waals surface area contributed by atoms with E-state index in [1.54, 1.807) is 18.3 Å². The van der Waals surface area contributed by atoms with Crippen molar-refractivity contribution in [3.63, 3.8) is 0 Å². The number of nitrogens with zero attached hydrogens (tertiary/aromatic N) is 4. The Morgan fingerprint density at radius 3 is 2.61 bits per heavy atom. The van der Waals surface area contributed by atoms with E-state index in [1.165, 1.54) is 0 Å². The van der Waals surface area contributed by atoms with Crippen LogP contribution in [0.3, 0.4) is 0 Å². The van der Waals surface area contributed by atoms with Gasteiger partial charge in [0.1, 0.15) is 12.1 Å². The molecule has 170 valence electrons. The van der Waals surface area contributed by atoms with Crippen molar-refractivity contribution < 1.29 is 22.7 Å². The summed E-state index contributed by atoms with van der Waals surface area (Å²) in [6, 6.07) is 3.51. The fraction of sp³-hybridized carbons (Fsp3) is 0.600. The Labute approximate surface area is 178 Å². The molecule has 0 radical (unpaired) electrons. The van der Waals surface area contributed by atoms with E-state index < -0.39 is 24.4 Å². The van der Waals surface area contributed by atoms with E-state index in [1.807, 2.05) is 36.8 Å². The molecule has 0 aliphatic heterocycles. The quantitative estimate of drug-likeness (QED) is 0.712. The van der Waals surface area contributed by atoms with Crippen LogP contribution in [0.5, 0.6) is 0 Å². The van der Waals surface area contributed by atoms with Crippen LogP contribution < -0.4 is 10.6 Å². The fourth-order valence-electron chi connectivity index (χ4n) is 3.54. The number of ether oxygens (including phenoxy) is 1. The average molecular weight is 440 g/mol. The minimum Gasteiger partial charge on any atom is -0.446 e. The lowest BCUT2D eigenvalue weighted by molar-refractivity contribution is -0.150. The number of rotatable bonds is 5. The summed E-state index contributed by atoms with van der Waals surface area (Å²) < 4.78 is 45.0. The molecule has 2 heterocycles. The summed E-state index contributed by atoms with van der Waals surface area (Å²) in [7, 11) is 0. The Morgan fingerprint density at radius 1 is 1.26 bits per heavy atom. The van der Waals surface area contributed by atoms with E-state index in [2.05, 4.69) is 20.6 Å². The lowest BCUT2D eigenvalue weighted by atomic mass is 10.0. The van der Waals surface area contributed by atoms with Gasteiger partial charge in [0.2, 0.25) is 0 Å². The van der Waals surface area contributed by atoms with Crippen LogP contribution in [-0.2, 0) is 10.3 Å². The number of carbonyl (C=O) groups is 1. The van der Waals surface area contributed by atoms with Gasteiger partial charge >= 0.3 is 12.3 Å². The first kappa shape index (κ1) is 22.8. The molecule has 1 fully saturated rings. The third-order valence-corrected chi connectivity index (χ3v) is 5.10. The van der Waals surface area contributed by atoms with Crippen LogP contribution in [0.4, 0.5) is 29.6 Å². The zero-order valence-corrected chi connectivity index (χ0v) is 17.9. The average Bonchev–Trinajstić information content (AvgIpc) is 3.28. The van der Waals surface area contributed by atoms with Crippen LogP contribution in [0.15, 0.2) is 24.4 Å². The first-order valence-electron chi connectivity index (χ1n) is 10.1. The molecule has 0 spiro atoms. The van der Waals surface area contributed by atoms with Crippen molar-refractivity contribution in [3.8, 4) is 0 Å². The van der Waals surface area contributed by atoms with Gasteiger partial charge in [-0.15, -0.1) is 5.10 Å². The molecule has 1 amide bonds. The number of alkyl carbamates (subject to hydrolysis) is 1. The highest BCUT2D eigenvalue weighted by atomic mass is 19.4. The van der Waals surface area contributed by atoms with Gasteiger partial charge in [0.05, 0.1) is 5.54 Å². The molecule has 11 heteroatoms. The molecule has 1 aliphatic carbocycles. The van der Waals surface area contributed by atoms with Crippen LogP contribution in [0.2, 0.25) is 0 Å². The molecule has 2 aromatic rings. The molecule has 8 nitrogen and oxygen atoms in total. The summed E-state index contributed by atoms with van der Waals surface area (Å²) in [5.74, 6) is 1.24. The van der Waals surface area contributed by atoms with Crippen LogP contribution >= 0.6 is 0 Å². The van der Waals surface area contributed by atoms with Crippen LogP contribution in [0.25, 0.3) is 0 Å². The summed E-state index contributed by atoms with van der Waals surface area (Å²) in [5, 5.41) is 17.5. The molecule has 2 aromatic heterocycles. The minimum atomic E-state index is -4.51. The molecule has 0 bridgehead atoms. The Kier molecular flexibility index (Phi) is 6.42. The van der Waals surface area contributed by atoms with Crippen molar-refractivity contribution >= 4 is 17.7 Å². The predicted molar refractivity (Wildman–Crippen MR) is 108 cm³/mol. The first-order valence-corrected chi connectivity index (χ1v) is 10.1. The second kappa shape index (κ2) is 8.72. The van der Waals surface area contributed by atoms with Gasteiger partial charge in [0.25, 0.3) is 0 Å². The van der Waals surface area contributed by atoms with Gasteiger partial charge in [0.15, 0.2) is 11.6 Å². The molecule has 3 rings (SSSR count). The van der Waals surface area contributed by atoms with Gasteiger partial charge in [-0.25, -0.2) is 4.79 Å². The third kappa shape index (κ3) is 5.86. The van der Waals surface area contributed by atoms with Gasteiger partial charge < -0.3 is 15.4 Å². The second-order valence-corrected chi connectivity index (χ2v) is 8.72. The molecular weight excluding hydrogens is 413 g/mol. The molecular formula is C20H27F3N6O2. The van der Waals surface area contributed by atoms with Crippen molar-refractivity contribution in [2.45, 2.75) is 76.7 Å². The van der Waals surface area contributed by atoms with Gasteiger partial charge in [-0.1, -0.05) is 0 Å². The van der Waals surface area contributed by atoms with Gasteiger partial charge in [-0.2, -0.15) is 23.4 Å². The number of anilines is 2. The maximum atomic E-state index is 12.6. The van der Waals surface area contributed by atoms with Gasteiger partial charge in [0, 0.05) is 23.9 Å². The van der Waals surface area contributed by atoms with E-state index >= 15 is 0 Å². The number of hydrogen-bond acceptors (Lipinski definition) is 6.